The summed E-state index contributed by atoms with van der Waals surface area (Å²) in [7, 11) is 2.03. The Hall–Kier alpha value is -7.02. The van der Waals surface area contributed by atoms with E-state index in [1.54, 1.807) is 0 Å². The molecule has 0 aliphatic carbocycles. The van der Waals surface area contributed by atoms with E-state index in [9.17, 15) is 0 Å². The molecule has 290 valence electrons. The van der Waals surface area contributed by atoms with Crippen LogP contribution in [0.4, 0.5) is 17.2 Å². The summed E-state index contributed by atoms with van der Waals surface area (Å²) in [6.45, 7) is 1.70. The summed E-state index contributed by atoms with van der Waals surface area (Å²) >= 11 is 0. The van der Waals surface area contributed by atoms with Crippen molar-refractivity contribution in [2.45, 2.75) is 0 Å². The summed E-state index contributed by atoms with van der Waals surface area (Å²) < 4.78 is 4.34. The van der Waals surface area contributed by atoms with Gasteiger partial charge in [-0.15, -0.1) is 11.1 Å². The van der Waals surface area contributed by atoms with Crippen molar-refractivity contribution in [1.82, 2.24) is 24.3 Å². The van der Waals surface area contributed by atoms with Gasteiger partial charge in [0, 0.05) is 44.5 Å². The maximum atomic E-state index is 5.54. The molecular weight excluding hydrogens is 916 g/mol. The predicted molar refractivity (Wildman–Crippen MR) is 241 cm³/mol. The van der Waals surface area contributed by atoms with Crippen LogP contribution in [0.1, 0.15) is 0 Å². The fourth-order valence-corrected chi connectivity index (χ4v) is 8.54. The maximum absolute atomic E-state index is 5.54. The average Bonchev–Trinajstić information content (AvgIpc) is 3.97. The van der Waals surface area contributed by atoms with E-state index >= 15 is 0 Å². The van der Waals surface area contributed by atoms with Crippen LogP contribution in [0.2, 0.25) is 0 Å². The molecule has 0 amide bonds. The number of fused-ring (bicyclic) bond motifs is 4. The molecule has 0 unspecified atom stereocenters. The van der Waals surface area contributed by atoms with Crippen LogP contribution in [-0.4, -0.2) is 38.1 Å². The zero-order valence-electron chi connectivity index (χ0n) is 32.5. The van der Waals surface area contributed by atoms with Crippen molar-refractivity contribution in [2.75, 3.05) is 16.8 Å². The van der Waals surface area contributed by atoms with Gasteiger partial charge in [0.1, 0.15) is 11.6 Å². The van der Waals surface area contributed by atoms with E-state index in [2.05, 4.69) is 194 Å². The van der Waals surface area contributed by atoms with Crippen molar-refractivity contribution in [3.8, 4) is 34.0 Å². The second-order valence-electron chi connectivity index (χ2n) is 14.7. The summed E-state index contributed by atoms with van der Waals surface area (Å²) in [6.07, 6.45) is 3.68. The molecule has 0 N–H and O–H groups in total. The van der Waals surface area contributed by atoms with Crippen molar-refractivity contribution in [3.05, 3.63) is 207 Å². The van der Waals surface area contributed by atoms with Crippen LogP contribution in [0.15, 0.2) is 188 Å². The van der Waals surface area contributed by atoms with Crippen molar-refractivity contribution in [2.24, 2.45) is 0 Å². The third-order valence-electron chi connectivity index (χ3n) is 11.1. The van der Waals surface area contributed by atoms with Gasteiger partial charge in [0.25, 0.3) is 0 Å². The van der Waals surface area contributed by atoms with E-state index < -0.39 is 0 Å². The van der Waals surface area contributed by atoms with E-state index in [1.807, 2.05) is 43.7 Å². The Balaban J connectivity index is 0.00000433. The van der Waals surface area contributed by atoms with Crippen molar-refractivity contribution in [1.29, 1.82) is 0 Å². The van der Waals surface area contributed by atoms with Crippen molar-refractivity contribution in [3.63, 3.8) is 0 Å². The average molecular weight is 952 g/mol. The van der Waals surface area contributed by atoms with Gasteiger partial charge in [0.15, 0.2) is 6.71 Å². The number of hydrogen-bond acceptors (Lipinski definition) is 5. The Morgan fingerprint density at radius 3 is 2.07 bits per heavy atom. The maximum Gasteiger partial charge on any atom is 0.197 e. The second-order valence-corrected chi connectivity index (χ2v) is 14.7. The van der Waals surface area contributed by atoms with Gasteiger partial charge in [0.2, 0.25) is 0 Å². The van der Waals surface area contributed by atoms with Crippen LogP contribution in [0.25, 0.3) is 55.8 Å². The van der Waals surface area contributed by atoms with E-state index in [0.29, 0.717) is 0 Å². The quantitative estimate of drug-likeness (QED) is 0.113. The molecule has 0 atom stereocenters. The van der Waals surface area contributed by atoms with Gasteiger partial charge in [-0.25, -0.2) is 14.6 Å². The van der Waals surface area contributed by atoms with Crippen LogP contribution in [0, 0.1) is 18.8 Å². The van der Waals surface area contributed by atoms with Crippen LogP contribution >= 0.6 is 0 Å². The van der Waals surface area contributed by atoms with E-state index in [1.165, 1.54) is 0 Å². The number of aromatic nitrogens is 5. The number of para-hydroxylation sites is 2. The largest absolute Gasteiger partial charge is 0.492 e. The Morgan fingerprint density at radius 2 is 1.28 bits per heavy atom. The third-order valence-corrected chi connectivity index (χ3v) is 11.1. The molecule has 60 heavy (non-hydrogen) atoms. The first-order valence-corrected chi connectivity index (χ1v) is 19.7. The molecule has 11 rings (SSSR count). The molecule has 4 aromatic heterocycles. The Labute approximate surface area is 363 Å². The first-order chi connectivity index (χ1) is 29.2. The summed E-state index contributed by atoms with van der Waals surface area (Å²) in [6, 6.07) is 69.1. The SMILES string of the molecule is CN1[CH-]N(c2[c-]c(B(c3[c-]c4c(cc3)c3ccccc3n4-c3ccccn3)c3c(-c4ccccc4)nn(-c4ccccc4)c3-c3ccccc3)ccc2)c2cccnc21.[Pt]. The van der Waals surface area contributed by atoms with E-state index in [-0.39, 0.29) is 27.8 Å². The summed E-state index contributed by atoms with van der Waals surface area (Å²) in [5, 5.41) is 7.80. The fraction of sp³-hybridized carbons (Fsp3) is 0.0196. The first kappa shape index (κ1) is 37.3. The normalized spacial score (nSPS) is 12.2. The molecule has 9 heteroatoms. The Bertz CT molecular complexity index is 3120. The molecule has 6 aromatic carbocycles. The van der Waals surface area contributed by atoms with Crippen molar-refractivity contribution >= 4 is 62.1 Å². The Kier molecular flexibility index (Phi) is 9.71. The predicted octanol–water partition coefficient (Wildman–Crippen LogP) is 8.91. The topological polar surface area (TPSA) is 55.0 Å². The molecule has 0 bridgehead atoms. The second kappa shape index (κ2) is 15.6. The van der Waals surface area contributed by atoms with Gasteiger partial charge in [-0.2, -0.15) is 65.2 Å². The number of pyridine rings is 2. The zero-order chi connectivity index (χ0) is 39.3. The molecule has 0 saturated carbocycles. The zero-order valence-corrected chi connectivity index (χ0v) is 34.8. The van der Waals surface area contributed by atoms with Gasteiger partial charge in [-0.1, -0.05) is 109 Å². The van der Waals surface area contributed by atoms with E-state index in [4.69, 9.17) is 10.1 Å². The molecule has 0 fully saturated rings. The Morgan fingerprint density at radius 1 is 0.583 bits per heavy atom. The molecule has 1 aliphatic heterocycles. The smallest absolute Gasteiger partial charge is 0.197 e. The third kappa shape index (κ3) is 6.32. The van der Waals surface area contributed by atoms with Crippen LogP contribution in [0.5, 0.6) is 0 Å². The number of nitrogens with zero attached hydrogens (tertiary/aromatic N) is 7. The summed E-state index contributed by atoms with van der Waals surface area (Å²) in [4.78, 5) is 13.7. The first-order valence-electron chi connectivity index (χ1n) is 19.7. The van der Waals surface area contributed by atoms with E-state index in [0.717, 1.165) is 89.4 Å². The number of anilines is 3. The van der Waals surface area contributed by atoms with Gasteiger partial charge in [-0.3, -0.25) is 0 Å². The minimum Gasteiger partial charge on any atom is -0.492 e. The van der Waals surface area contributed by atoms with Gasteiger partial charge >= 0.3 is 0 Å². The summed E-state index contributed by atoms with van der Waals surface area (Å²) in [5.41, 5.74) is 11.9. The standard InChI is InChI=1S/C51H35BN7.Pt/c1-56-35-57(45-27-16-32-54-51(45)56)41-24-15-21-38(33-41)52(39-29-30-43-42-25-11-12-26-44(42)58(46(43)34-39)47-28-13-14-31-53-47)48-49(36-17-5-2-6-18-36)55-59(40-22-9-4-10-23-40)50(48)37-19-7-3-8-20-37;/h2-32,35H,1H3;/q-3;. The van der Waals surface area contributed by atoms with Crippen LogP contribution in [-0.2, 0) is 21.1 Å². The molecule has 0 saturated heterocycles. The molecule has 7 nitrogen and oxygen atoms in total. The minimum atomic E-state index is -0.369. The molecular formula is C51H35BN7Pt-3. The monoisotopic (exact) mass is 951 g/mol. The van der Waals surface area contributed by atoms with Gasteiger partial charge in [-0.05, 0) is 65.9 Å². The number of hydrogen-bond donors (Lipinski definition) is 0. The van der Waals surface area contributed by atoms with Gasteiger partial charge < -0.3 is 14.4 Å². The molecule has 5 heterocycles. The van der Waals surface area contributed by atoms with Crippen LogP contribution in [0.3, 0.4) is 0 Å². The number of rotatable bonds is 8. The molecule has 10 aromatic rings. The van der Waals surface area contributed by atoms with Crippen molar-refractivity contribution < 1.29 is 21.1 Å². The van der Waals surface area contributed by atoms with Gasteiger partial charge in [0.05, 0.1) is 22.8 Å². The molecule has 0 spiro atoms. The fourth-order valence-electron chi connectivity index (χ4n) is 8.54. The minimum absolute atomic E-state index is 0. The number of benzene rings is 6. The summed E-state index contributed by atoms with van der Waals surface area (Å²) in [5.74, 6) is 1.73. The van der Waals surface area contributed by atoms with Crippen LogP contribution < -0.4 is 26.2 Å². The molecule has 0 radical (unpaired) electrons. The molecule has 1 aliphatic rings.